The second kappa shape index (κ2) is 10.2. The predicted octanol–water partition coefficient (Wildman–Crippen LogP) is 4.24. The first-order valence-electron chi connectivity index (χ1n) is 15.6. The fraction of sp³-hybridized carbons (Fsp3) is 0.528. The molecule has 232 valence electrons. The van der Waals surface area contributed by atoms with Crippen LogP contribution in [0.25, 0.3) is 0 Å². The lowest BCUT2D eigenvalue weighted by Gasteiger charge is -2.64. The van der Waals surface area contributed by atoms with E-state index in [4.69, 9.17) is 15.2 Å². The van der Waals surface area contributed by atoms with Gasteiger partial charge in [0.25, 0.3) is 0 Å². The summed E-state index contributed by atoms with van der Waals surface area (Å²) in [6.07, 6.45) is 1.06. The molecule has 7 rings (SSSR count). The molecule has 44 heavy (non-hydrogen) atoms. The number of fused-ring (bicyclic) bond motifs is 7. The van der Waals surface area contributed by atoms with Crippen molar-refractivity contribution >= 4 is 11.5 Å². The third-order valence-electron chi connectivity index (χ3n) is 12.0. The number of aliphatic hydroxyl groups excluding tert-OH is 3. The van der Waals surface area contributed by atoms with Crippen molar-refractivity contribution in [1.82, 2.24) is 0 Å². The van der Waals surface area contributed by atoms with E-state index >= 15 is 4.39 Å². The highest BCUT2D eigenvalue weighted by atomic mass is 19.1. The molecule has 11 atom stereocenters. The summed E-state index contributed by atoms with van der Waals surface area (Å²) in [5.74, 6) is 5.29. The summed E-state index contributed by atoms with van der Waals surface area (Å²) in [5, 5.41) is 33.5. The summed E-state index contributed by atoms with van der Waals surface area (Å²) in [5.41, 5.74) is 3.70. The van der Waals surface area contributed by atoms with Crippen molar-refractivity contribution < 1.29 is 34.0 Å². The van der Waals surface area contributed by atoms with Crippen LogP contribution in [0.15, 0.2) is 60.7 Å². The maximum atomic E-state index is 17.6. The normalized spacial score (nSPS) is 42.8. The highest BCUT2D eigenvalue weighted by molar-refractivity contribution is 5.91. The molecule has 0 radical (unpaired) electrons. The molecule has 1 aliphatic heterocycles. The van der Waals surface area contributed by atoms with Crippen molar-refractivity contribution in [3.63, 3.8) is 0 Å². The number of ketones is 1. The van der Waals surface area contributed by atoms with E-state index in [1.54, 1.807) is 6.08 Å². The number of nitrogen functional groups attached to an aromatic ring is 1. The second-order valence-corrected chi connectivity index (χ2v) is 14.0. The SMILES string of the molecule is C[C@]12C=CC(=O)CC1CC[C@H]1[C@@H]3C[C@H]4O[C@@H](c5ccc(C#Cc6cccc(N)c6)cc5)O[C@@]4(C(O)CO)[C@@]3(C)C[C@H](O)[C@@]12F. The molecule has 2 aromatic rings. The van der Waals surface area contributed by atoms with Gasteiger partial charge in [-0.25, -0.2) is 4.39 Å². The lowest BCUT2D eigenvalue weighted by molar-refractivity contribution is -0.267. The molecule has 1 saturated heterocycles. The number of nitrogens with two attached hydrogens (primary N) is 1. The molecule has 2 aromatic carbocycles. The van der Waals surface area contributed by atoms with Gasteiger partial charge in [0, 0.05) is 39.6 Å². The fourth-order valence-corrected chi connectivity index (χ4v) is 9.81. The van der Waals surface area contributed by atoms with Crippen LogP contribution in [0.3, 0.4) is 0 Å². The van der Waals surface area contributed by atoms with Gasteiger partial charge in [0.2, 0.25) is 0 Å². The summed E-state index contributed by atoms with van der Waals surface area (Å²) < 4.78 is 30.8. The first-order valence-corrected chi connectivity index (χ1v) is 15.6. The minimum atomic E-state index is -1.94. The van der Waals surface area contributed by atoms with Gasteiger partial charge in [-0.05, 0) is 79.8 Å². The molecule has 5 N–H and O–H groups in total. The number of halogens is 1. The summed E-state index contributed by atoms with van der Waals surface area (Å²) in [6, 6.07) is 14.9. The average molecular weight is 602 g/mol. The van der Waals surface area contributed by atoms with Gasteiger partial charge in [-0.2, -0.15) is 0 Å². The molecule has 0 amide bonds. The third-order valence-corrected chi connectivity index (χ3v) is 12.0. The van der Waals surface area contributed by atoms with Crippen molar-refractivity contribution in [3.05, 3.63) is 77.4 Å². The lowest BCUT2D eigenvalue weighted by Crippen LogP contribution is -2.71. The minimum absolute atomic E-state index is 0.000573. The monoisotopic (exact) mass is 601 g/mol. The maximum absolute atomic E-state index is 17.6. The highest BCUT2D eigenvalue weighted by Gasteiger charge is 2.79. The Morgan fingerprint density at radius 1 is 1.09 bits per heavy atom. The topological polar surface area (TPSA) is 122 Å². The van der Waals surface area contributed by atoms with E-state index in [2.05, 4.69) is 11.8 Å². The lowest BCUT2D eigenvalue weighted by atomic mass is 9.43. The Kier molecular flexibility index (Phi) is 6.89. The number of allylic oxidation sites excluding steroid dienone is 2. The Morgan fingerprint density at radius 2 is 1.84 bits per heavy atom. The molecular formula is C36H40FNO6. The van der Waals surface area contributed by atoms with Gasteiger partial charge in [0.05, 0.1) is 18.8 Å². The summed E-state index contributed by atoms with van der Waals surface area (Å²) in [6.45, 7) is 3.24. The molecular weight excluding hydrogens is 561 g/mol. The zero-order valence-corrected chi connectivity index (χ0v) is 25.1. The van der Waals surface area contributed by atoms with Crippen LogP contribution in [0.5, 0.6) is 0 Å². The van der Waals surface area contributed by atoms with Gasteiger partial charge < -0.3 is 30.5 Å². The number of alkyl halides is 1. The quantitative estimate of drug-likeness (QED) is 0.307. The van der Waals surface area contributed by atoms with E-state index in [0.29, 0.717) is 24.9 Å². The molecule has 2 unspecified atom stereocenters. The van der Waals surface area contributed by atoms with Crippen molar-refractivity contribution in [3.8, 4) is 11.8 Å². The van der Waals surface area contributed by atoms with E-state index < -0.39 is 59.2 Å². The van der Waals surface area contributed by atoms with Crippen molar-refractivity contribution in [2.75, 3.05) is 12.3 Å². The number of anilines is 1. The predicted molar refractivity (Wildman–Crippen MR) is 162 cm³/mol. The first kappa shape index (κ1) is 29.6. The van der Waals surface area contributed by atoms with Gasteiger partial charge in [0.15, 0.2) is 12.1 Å². The standard InChI is InChI=1S/C36H40FNO6/c1-33-15-14-26(40)17-24(33)12-13-27-28-18-31-36(30(42)20-39,34(28,2)19-29(41)35(27,33)37)44-32(43-31)23-10-8-21(9-11-23)6-7-22-4-3-5-25(38)16-22/h3-5,8-11,14-16,24,27-32,39,41-42H,12-13,17-20,38H2,1-2H3/t24?,27-,28-,29-,30?,31+,32+,33-,34-,35-,36+/m0/s1. The largest absolute Gasteiger partial charge is 0.399 e. The molecule has 0 aromatic heterocycles. The van der Waals surface area contributed by atoms with Gasteiger partial charge in [0.1, 0.15) is 17.4 Å². The number of benzene rings is 2. The molecule has 7 nitrogen and oxygen atoms in total. The average Bonchev–Trinajstić information content (AvgIpc) is 3.50. The van der Waals surface area contributed by atoms with Crippen LogP contribution >= 0.6 is 0 Å². The number of hydrogen-bond donors (Lipinski definition) is 4. The number of hydrogen-bond acceptors (Lipinski definition) is 7. The minimum Gasteiger partial charge on any atom is -0.399 e. The number of rotatable bonds is 3. The van der Waals surface area contributed by atoms with Crippen LogP contribution in [0.4, 0.5) is 10.1 Å². The molecule has 5 aliphatic rings. The Morgan fingerprint density at radius 3 is 2.57 bits per heavy atom. The zero-order chi connectivity index (χ0) is 31.1. The van der Waals surface area contributed by atoms with Gasteiger partial charge >= 0.3 is 0 Å². The van der Waals surface area contributed by atoms with E-state index in [9.17, 15) is 20.1 Å². The molecule has 0 bridgehead atoms. The van der Waals surface area contributed by atoms with E-state index in [1.807, 2.05) is 62.4 Å². The number of carbonyl (C=O) groups excluding carboxylic acids is 1. The highest BCUT2D eigenvalue weighted by Crippen LogP contribution is 2.73. The number of ether oxygens (including phenoxy) is 2. The van der Waals surface area contributed by atoms with E-state index in [-0.39, 0.29) is 30.5 Å². The summed E-state index contributed by atoms with van der Waals surface area (Å²) in [7, 11) is 0. The second-order valence-electron chi connectivity index (χ2n) is 14.0. The fourth-order valence-electron chi connectivity index (χ4n) is 9.81. The van der Waals surface area contributed by atoms with Crippen LogP contribution in [-0.4, -0.2) is 57.3 Å². The Labute approximate surface area is 257 Å². The molecule has 1 heterocycles. The maximum Gasteiger partial charge on any atom is 0.185 e. The molecule has 0 spiro atoms. The van der Waals surface area contributed by atoms with Crippen LogP contribution in [0, 0.1) is 40.4 Å². The summed E-state index contributed by atoms with van der Waals surface area (Å²) >= 11 is 0. The summed E-state index contributed by atoms with van der Waals surface area (Å²) in [4.78, 5) is 12.2. The van der Waals surface area contributed by atoms with Gasteiger partial charge in [-0.1, -0.05) is 50.0 Å². The van der Waals surface area contributed by atoms with Crippen molar-refractivity contribution in [2.24, 2.45) is 28.6 Å². The van der Waals surface area contributed by atoms with Crippen LogP contribution in [0.2, 0.25) is 0 Å². The van der Waals surface area contributed by atoms with Gasteiger partial charge in [-0.3, -0.25) is 4.79 Å². The Hall–Kier alpha value is -3.06. The van der Waals surface area contributed by atoms with Crippen LogP contribution in [0.1, 0.15) is 68.9 Å². The first-order chi connectivity index (χ1) is 21.0. The van der Waals surface area contributed by atoms with E-state index in [1.165, 1.54) is 6.08 Å². The molecule has 3 saturated carbocycles. The number of aliphatic hydroxyl groups is 3. The Balaban J connectivity index is 1.19. The smallest absolute Gasteiger partial charge is 0.185 e. The molecule has 8 heteroatoms. The zero-order valence-electron chi connectivity index (χ0n) is 25.1. The molecule has 4 aliphatic carbocycles. The molecule has 4 fully saturated rings. The van der Waals surface area contributed by atoms with E-state index in [0.717, 1.165) is 16.7 Å². The van der Waals surface area contributed by atoms with Crippen LogP contribution < -0.4 is 5.73 Å². The van der Waals surface area contributed by atoms with Crippen LogP contribution in [-0.2, 0) is 14.3 Å². The number of carbonyl (C=O) groups is 1. The van der Waals surface area contributed by atoms with Crippen molar-refractivity contribution in [1.29, 1.82) is 0 Å². The third kappa shape index (κ3) is 3.96. The Bertz CT molecular complexity index is 1570. The van der Waals surface area contributed by atoms with Gasteiger partial charge in [-0.15, -0.1) is 0 Å². The van der Waals surface area contributed by atoms with Crippen molar-refractivity contribution in [2.45, 2.75) is 81.8 Å².